The maximum absolute atomic E-state index is 12.8. The van der Waals surface area contributed by atoms with Gasteiger partial charge in [0.25, 0.3) is 5.91 Å². The smallest absolute Gasteiger partial charge is 0.254 e. The minimum atomic E-state index is -0.337. The average molecular weight is 465 g/mol. The summed E-state index contributed by atoms with van der Waals surface area (Å²) < 4.78 is 0. The first-order chi connectivity index (χ1) is 15.8. The van der Waals surface area contributed by atoms with Gasteiger partial charge in [-0.25, -0.2) is 4.98 Å². The van der Waals surface area contributed by atoms with Crippen molar-refractivity contribution in [2.24, 2.45) is 0 Å². The Hall–Kier alpha value is -3.52. The fourth-order valence-corrected chi connectivity index (χ4v) is 4.00. The molecule has 1 unspecified atom stereocenters. The van der Waals surface area contributed by atoms with Crippen LogP contribution in [0, 0.1) is 0 Å². The number of thiazole rings is 1. The number of hydrogen-bond acceptors (Lipinski definition) is 5. The molecule has 0 saturated carbocycles. The number of nitrogens with one attached hydrogen (secondary N) is 2. The van der Waals surface area contributed by atoms with Crippen molar-refractivity contribution in [2.75, 3.05) is 11.9 Å². The van der Waals surface area contributed by atoms with Gasteiger partial charge in [0.2, 0.25) is 11.8 Å². The quantitative estimate of drug-likeness (QED) is 0.500. The van der Waals surface area contributed by atoms with Gasteiger partial charge in [-0.3, -0.25) is 14.4 Å². The molecule has 2 aromatic carbocycles. The first-order valence-corrected chi connectivity index (χ1v) is 11.7. The lowest BCUT2D eigenvalue weighted by Gasteiger charge is -2.26. The molecule has 0 aliphatic rings. The first-order valence-electron chi connectivity index (χ1n) is 10.8. The summed E-state index contributed by atoms with van der Waals surface area (Å²) in [4.78, 5) is 43.6. The van der Waals surface area contributed by atoms with Gasteiger partial charge in [-0.05, 0) is 38.5 Å². The van der Waals surface area contributed by atoms with E-state index in [1.54, 1.807) is 29.6 Å². The van der Waals surface area contributed by atoms with Crippen LogP contribution in [-0.2, 0) is 16.0 Å². The Morgan fingerprint density at radius 1 is 0.939 bits per heavy atom. The Balaban J connectivity index is 1.54. The van der Waals surface area contributed by atoms with Crippen LogP contribution in [0.3, 0.4) is 0 Å². The molecule has 1 heterocycles. The lowest BCUT2D eigenvalue weighted by molar-refractivity contribution is -0.121. The second-order valence-corrected chi connectivity index (χ2v) is 8.82. The van der Waals surface area contributed by atoms with E-state index in [0.717, 1.165) is 5.56 Å². The van der Waals surface area contributed by atoms with Crippen molar-refractivity contribution >= 4 is 34.2 Å². The summed E-state index contributed by atoms with van der Waals surface area (Å²) in [6, 6.07) is 18.3. The minimum absolute atomic E-state index is 0.0879. The van der Waals surface area contributed by atoms with E-state index in [0.29, 0.717) is 16.4 Å². The standard InChI is InChI=1S/C25H28N4O3S/c1-17(2)29(24(32)20-12-8-5-9-13-20)15-23(31)28-25-27-21(16-33-25)14-22(30)26-18(3)19-10-6-4-7-11-19/h4-13,16-18H,14-15H2,1-3H3,(H,26,30)(H,27,28,31). The zero-order valence-electron chi connectivity index (χ0n) is 18.9. The topological polar surface area (TPSA) is 91.4 Å². The molecule has 172 valence electrons. The number of carbonyl (C=O) groups excluding carboxylic acids is 3. The second kappa shape index (κ2) is 11.4. The lowest BCUT2D eigenvalue weighted by atomic mass is 10.1. The van der Waals surface area contributed by atoms with Gasteiger partial charge in [0, 0.05) is 17.0 Å². The van der Waals surface area contributed by atoms with Gasteiger partial charge in [-0.1, -0.05) is 48.5 Å². The van der Waals surface area contributed by atoms with Crippen LogP contribution in [0.2, 0.25) is 0 Å². The molecule has 3 aromatic rings. The fraction of sp³-hybridized carbons (Fsp3) is 0.280. The predicted octanol–water partition coefficient (Wildman–Crippen LogP) is 4.05. The third-order valence-corrected chi connectivity index (χ3v) is 5.84. The molecule has 3 rings (SSSR count). The van der Waals surface area contributed by atoms with Crippen LogP contribution in [-0.4, -0.2) is 40.2 Å². The number of carbonyl (C=O) groups is 3. The molecule has 1 atom stereocenters. The Morgan fingerprint density at radius 2 is 1.58 bits per heavy atom. The SMILES string of the molecule is CC(NC(=O)Cc1csc(NC(=O)CN(C(=O)c2ccccc2)C(C)C)n1)c1ccccc1. The number of rotatable bonds is 9. The van der Waals surface area contributed by atoms with E-state index >= 15 is 0 Å². The van der Waals surface area contributed by atoms with Gasteiger partial charge in [-0.2, -0.15) is 0 Å². The molecule has 8 heteroatoms. The van der Waals surface area contributed by atoms with Crippen molar-refractivity contribution < 1.29 is 14.4 Å². The summed E-state index contributed by atoms with van der Waals surface area (Å²) >= 11 is 1.25. The highest BCUT2D eigenvalue weighted by atomic mass is 32.1. The summed E-state index contributed by atoms with van der Waals surface area (Å²) in [5.74, 6) is -0.685. The molecule has 2 N–H and O–H groups in total. The maximum Gasteiger partial charge on any atom is 0.254 e. The van der Waals surface area contributed by atoms with Crippen molar-refractivity contribution in [1.29, 1.82) is 0 Å². The molecule has 33 heavy (non-hydrogen) atoms. The zero-order chi connectivity index (χ0) is 23.8. The lowest BCUT2D eigenvalue weighted by Crippen LogP contribution is -2.42. The minimum Gasteiger partial charge on any atom is -0.349 e. The number of hydrogen-bond donors (Lipinski definition) is 2. The van der Waals surface area contributed by atoms with E-state index in [1.807, 2.05) is 57.2 Å². The van der Waals surface area contributed by atoms with Crippen molar-refractivity contribution in [3.63, 3.8) is 0 Å². The Morgan fingerprint density at radius 3 is 2.21 bits per heavy atom. The van der Waals surface area contributed by atoms with E-state index in [-0.39, 0.29) is 42.8 Å². The number of benzene rings is 2. The predicted molar refractivity (Wildman–Crippen MR) is 130 cm³/mol. The largest absolute Gasteiger partial charge is 0.349 e. The van der Waals surface area contributed by atoms with Crippen molar-refractivity contribution in [3.05, 3.63) is 82.9 Å². The molecule has 0 bridgehead atoms. The fourth-order valence-electron chi connectivity index (χ4n) is 3.28. The van der Waals surface area contributed by atoms with Crippen molar-refractivity contribution in [2.45, 2.75) is 39.3 Å². The third-order valence-electron chi connectivity index (χ3n) is 5.04. The third kappa shape index (κ3) is 6.98. The average Bonchev–Trinajstić information content (AvgIpc) is 3.24. The highest BCUT2D eigenvalue weighted by Gasteiger charge is 2.22. The number of aromatic nitrogens is 1. The van der Waals surface area contributed by atoms with E-state index in [2.05, 4.69) is 15.6 Å². The summed E-state index contributed by atoms with van der Waals surface area (Å²) in [5.41, 5.74) is 2.14. The van der Waals surface area contributed by atoms with Crippen LogP contribution in [0.4, 0.5) is 5.13 Å². The monoisotopic (exact) mass is 464 g/mol. The maximum atomic E-state index is 12.8. The van der Waals surface area contributed by atoms with Gasteiger partial charge >= 0.3 is 0 Å². The van der Waals surface area contributed by atoms with Gasteiger partial charge in [0.1, 0.15) is 6.54 Å². The Bertz CT molecular complexity index is 1080. The van der Waals surface area contributed by atoms with Gasteiger partial charge in [-0.15, -0.1) is 11.3 Å². The number of nitrogens with zero attached hydrogens (tertiary/aromatic N) is 2. The first kappa shape index (κ1) is 24.1. The summed E-state index contributed by atoms with van der Waals surface area (Å²) in [7, 11) is 0. The van der Waals surface area contributed by atoms with Gasteiger partial charge in [0.15, 0.2) is 5.13 Å². The molecule has 7 nitrogen and oxygen atoms in total. The van der Waals surface area contributed by atoms with Crippen LogP contribution in [0.15, 0.2) is 66.0 Å². The van der Waals surface area contributed by atoms with Crippen LogP contribution < -0.4 is 10.6 Å². The highest BCUT2D eigenvalue weighted by molar-refractivity contribution is 7.13. The van der Waals surface area contributed by atoms with E-state index in [1.165, 1.54) is 16.2 Å². The van der Waals surface area contributed by atoms with Crippen LogP contribution >= 0.6 is 11.3 Å². The van der Waals surface area contributed by atoms with E-state index in [9.17, 15) is 14.4 Å². The molecule has 0 radical (unpaired) electrons. The number of amides is 3. The van der Waals surface area contributed by atoms with Crippen molar-refractivity contribution in [3.8, 4) is 0 Å². The van der Waals surface area contributed by atoms with E-state index < -0.39 is 0 Å². The molecule has 0 spiro atoms. The molecule has 3 amide bonds. The molecular formula is C25H28N4O3S. The van der Waals surface area contributed by atoms with Crippen molar-refractivity contribution in [1.82, 2.24) is 15.2 Å². The molecule has 0 aliphatic heterocycles. The molecule has 0 fully saturated rings. The van der Waals surface area contributed by atoms with Gasteiger partial charge < -0.3 is 15.5 Å². The Labute approximate surface area is 197 Å². The number of anilines is 1. The van der Waals surface area contributed by atoms with Crippen LogP contribution in [0.1, 0.15) is 48.4 Å². The highest BCUT2D eigenvalue weighted by Crippen LogP contribution is 2.17. The molecular weight excluding hydrogens is 436 g/mol. The summed E-state index contributed by atoms with van der Waals surface area (Å²) in [5, 5.41) is 7.84. The van der Waals surface area contributed by atoms with Crippen LogP contribution in [0.25, 0.3) is 0 Å². The molecule has 0 aliphatic carbocycles. The van der Waals surface area contributed by atoms with E-state index in [4.69, 9.17) is 0 Å². The summed E-state index contributed by atoms with van der Waals surface area (Å²) in [6.07, 6.45) is 0.119. The Kier molecular flexibility index (Phi) is 8.32. The zero-order valence-corrected chi connectivity index (χ0v) is 19.8. The second-order valence-electron chi connectivity index (χ2n) is 7.96. The molecule has 0 saturated heterocycles. The van der Waals surface area contributed by atoms with Gasteiger partial charge in [0.05, 0.1) is 18.2 Å². The van der Waals surface area contributed by atoms with Crippen LogP contribution in [0.5, 0.6) is 0 Å². The molecule has 1 aromatic heterocycles. The summed E-state index contributed by atoms with van der Waals surface area (Å²) in [6.45, 7) is 5.57. The normalized spacial score (nSPS) is 11.6.